The van der Waals surface area contributed by atoms with Gasteiger partial charge in [-0.15, -0.1) is 0 Å². The van der Waals surface area contributed by atoms with E-state index < -0.39 is 0 Å². The summed E-state index contributed by atoms with van der Waals surface area (Å²) in [6, 6.07) is 9.54. The van der Waals surface area contributed by atoms with Gasteiger partial charge in [0.05, 0.1) is 7.11 Å². The minimum atomic E-state index is 0.405. The van der Waals surface area contributed by atoms with Gasteiger partial charge in [0, 0.05) is 11.6 Å². The molecular formula is C12H13N3O. The molecule has 0 saturated heterocycles. The fourth-order valence-corrected chi connectivity index (χ4v) is 1.38. The molecule has 0 spiro atoms. The lowest BCUT2D eigenvalue weighted by Gasteiger charge is -2.04. The van der Waals surface area contributed by atoms with Gasteiger partial charge in [-0.25, -0.2) is 4.98 Å². The Kier molecular flexibility index (Phi) is 2.72. The number of ether oxygens (including phenoxy) is 1. The summed E-state index contributed by atoms with van der Waals surface area (Å²) < 4.78 is 5.05. The van der Waals surface area contributed by atoms with E-state index in [1.165, 1.54) is 5.56 Å². The lowest BCUT2D eigenvalue weighted by atomic mass is 10.1. The Morgan fingerprint density at radius 3 is 2.44 bits per heavy atom. The van der Waals surface area contributed by atoms with Crippen molar-refractivity contribution in [2.24, 2.45) is 0 Å². The summed E-state index contributed by atoms with van der Waals surface area (Å²) in [4.78, 5) is 8.41. The lowest BCUT2D eigenvalue weighted by Crippen LogP contribution is -1.98. The van der Waals surface area contributed by atoms with Gasteiger partial charge in [-0.05, 0) is 6.92 Å². The van der Waals surface area contributed by atoms with Crippen LogP contribution in [0.3, 0.4) is 0 Å². The van der Waals surface area contributed by atoms with Crippen LogP contribution >= 0.6 is 0 Å². The minimum Gasteiger partial charge on any atom is -0.481 e. The summed E-state index contributed by atoms with van der Waals surface area (Å²) in [7, 11) is 1.56. The molecule has 2 aromatic rings. The van der Waals surface area contributed by atoms with Gasteiger partial charge in [0.1, 0.15) is 5.82 Å². The minimum absolute atomic E-state index is 0.405. The number of rotatable bonds is 2. The number of nitrogens with two attached hydrogens (primary N) is 1. The number of hydrogen-bond acceptors (Lipinski definition) is 4. The van der Waals surface area contributed by atoms with Crippen LogP contribution < -0.4 is 10.5 Å². The molecule has 2 N–H and O–H groups in total. The second-order valence-corrected chi connectivity index (χ2v) is 3.52. The normalized spacial score (nSPS) is 10.1. The fourth-order valence-electron chi connectivity index (χ4n) is 1.38. The Morgan fingerprint density at radius 1 is 1.12 bits per heavy atom. The fraction of sp³-hybridized carbons (Fsp3) is 0.167. The predicted octanol–water partition coefficient (Wildman–Crippen LogP) is 2.04. The number of anilines is 1. The highest BCUT2D eigenvalue weighted by atomic mass is 16.5. The van der Waals surface area contributed by atoms with Gasteiger partial charge in [0.15, 0.2) is 5.82 Å². The predicted molar refractivity (Wildman–Crippen MR) is 63.2 cm³/mol. The molecule has 2 rings (SSSR count). The first-order valence-corrected chi connectivity index (χ1v) is 4.94. The van der Waals surface area contributed by atoms with Gasteiger partial charge < -0.3 is 10.5 Å². The molecular weight excluding hydrogens is 202 g/mol. The highest BCUT2D eigenvalue weighted by Gasteiger charge is 2.04. The van der Waals surface area contributed by atoms with Crippen LogP contribution in [0.1, 0.15) is 5.56 Å². The highest BCUT2D eigenvalue weighted by Crippen LogP contribution is 2.20. The van der Waals surface area contributed by atoms with Crippen LogP contribution in [-0.4, -0.2) is 17.1 Å². The van der Waals surface area contributed by atoms with Crippen molar-refractivity contribution in [1.29, 1.82) is 0 Å². The number of aromatic nitrogens is 2. The van der Waals surface area contributed by atoms with Crippen LogP contribution in [0, 0.1) is 6.92 Å². The van der Waals surface area contributed by atoms with Gasteiger partial charge in [0.25, 0.3) is 0 Å². The molecule has 0 unspecified atom stereocenters. The number of methoxy groups -OCH3 is 1. The molecule has 0 amide bonds. The van der Waals surface area contributed by atoms with E-state index in [4.69, 9.17) is 10.5 Å². The van der Waals surface area contributed by atoms with E-state index in [1.54, 1.807) is 13.2 Å². The number of benzene rings is 1. The van der Waals surface area contributed by atoms with Gasteiger partial charge >= 0.3 is 0 Å². The molecule has 1 aromatic heterocycles. The van der Waals surface area contributed by atoms with E-state index in [0.29, 0.717) is 17.5 Å². The van der Waals surface area contributed by atoms with Crippen molar-refractivity contribution in [3.8, 4) is 17.3 Å². The summed E-state index contributed by atoms with van der Waals surface area (Å²) in [6.07, 6.45) is 0. The smallest absolute Gasteiger partial charge is 0.218 e. The molecule has 4 nitrogen and oxygen atoms in total. The van der Waals surface area contributed by atoms with Crippen LogP contribution in [0.2, 0.25) is 0 Å². The molecule has 0 aliphatic heterocycles. The average Bonchev–Trinajstić information content (AvgIpc) is 2.29. The monoisotopic (exact) mass is 215 g/mol. The largest absolute Gasteiger partial charge is 0.481 e. The van der Waals surface area contributed by atoms with E-state index in [-0.39, 0.29) is 0 Å². The molecule has 1 aromatic carbocycles. The standard InChI is InChI=1S/C12H13N3O/c1-8-3-5-9(6-4-8)12-14-10(13)7-11(15-12)16-2/h3-7H,1-2H3,(H2,13,14,15). The maximum atomic E-state index is 5.67. The van der Waals surface area contributed by atoms with Crippen molar-refractivity contribution in [3.63, 3.8) is 0 Å². The average molecular weight is 215 g/mol. The quantitative estimate of drug-likeness (QED) is 0.832. The molecule has 0 saturated carbocycles. The lowest BCUT2D eigenvalue weighted by molar-refractivity contribution is 0.398. The Labute approximate surface area is 94.1 Å². The molecule has 0 fully saturated rings. The van der Waals surface area contributed by atoms with Gasteiger partial charge in [-0.1, -0.05) is 29.8 Å². The number of nitrogen functional groups attached to an aromatic ring is 1. The van der Waals surface area contributed by atoms with E-state index in [9.17, 15) is 0 Å². The highest BCUT2D eigenvalue weighted by molar-refractivity contribution is 5.58. The molecule has 4 heteroatoms. The zero-order valence-corrected chi connectivity index (χ0v) is 9.27. The van der Waals surface area contributed by atoms with Crippen molar-refractivity contribution in [1.82, 2.24) is 9.97 Å². The van der Waals surface area contributed by atoms with Crippen LogP contribution in [0.25, 0.3) is 11.4 Å². The number of aryl methyl sites for hydroxylation is 1. The Bertz CT molecular complexity index is 494. The molecule has 0 aliphatic rings. The van der Waals surface area contributed by atoms with E-state index in [1.807, 2.05) is 31.2 Å². The third-order valence-corrected chi connectivity index (χ3v) is 2.24. The van der Waals surface area contributed by atoms with Crippen LogP contribution in [-0.2, 0) is 0 Å². The molecule has 16 heavy (non-hydrogen) atoms. The first kappa shape index (κ1) is 10.4. The SMILES string of the molecule is COc1cc(N)nc(-c2ccc(C)cc2)n1. The number of hydrogen-bond donors (Lipinski definition) is 1. The summed E-state index contributed by atoms with van der Waals surface area (Å²) >= 11 is 0. The third kappa shape index (κ3) is 2.11. The van der Waals surface area contributed by atoms with E-state index in [2.05, 4.69) is 9.97 Å². The Morgan fingerprint density at radius 2 is 1.81 bits per heavy atom. The van der Waals surface area contributed by atoms with Crippen LogP contribution in [0.15, 0.2) is 30.3 Å². The second kappa shape index (κ2) is 4.18. The zero-order chi connectivity index (χ0) is 11.5. The van der Waals surface area contributed by atoms with Crippen molar-refractivity contribution >= 4 is 5.82 Å². The number of nitrogens with zero attached hydrogens (tertiary/aromatic N) is 2. The first-order chi connectivity index (χ1) is 7.69. The van der Waals surface area contributed by atoms with Crippen LogP contribution in [0.4, 0.5) is 5.82 Å². The van der Waals surface area contributed by atoms with E-state index >= 15 is 0 Å². The molecule has 0 atom stereocenters. The zero-order valence-electron chi connectivity index (χ0n) is 9.27. The second-order valence-electron chi connectivity index (χ2n) is 3.52. The van der Waals surface area contributed by atoms with Crippen LogP contribution in [0.5, 0.6) is 5.88 Å². The van der Waals surface area contributed by atoms with Gasteiger partial charge in [0.2, 0.25) is 5.88 Å². The maximum absolute atomic E-state index is 5.67. The summed E-state index contributed by atoms with van der Waals surface area (Å²) in [5, 5.41) is 0. The molecule has 0 radical (unpaired) electrons. The Balaban J connectivity index is 2.47. The van der Waals surface area contributed by atoms with Crippen molar-refractivity contribution in [3.05, 3.63) is 35.9 Å². The van der Waals surface area contributed by atoms with Crippen molar-refractivity contribution in [2.45, 2.75) is 6.92 Å². The van der Waals surface area contributed by atoms with E-state index in [0.717, 1.165) is 5.56 Å². The first-order valence-electron chi connectivity index (χ1n) is 4.94. The van der Waals surface area contributed by atoms with Gasteiger partial charge in [-0.2, -0.15) is 4.98 Å². The van der Waals surface area contributed by atoms with Crippen molar-refractivity contribution < 1.29 is 4.74 Å². The maximum Gasteiger partial charge on any atom is 0.218 e. The summed E-state index contributed by atoms with van der Waals surface area (Å²) in [6.45, 7) is 2.03. The summed E-state index contributed by atoms with van der Waals surface area (Å²) in [5.74, 6) is 1.46. The Hall–Kier alpha value is -2.10. The van der Waals surface area contributed by atoms with Crippen molar-refractivity contribution in [2.75, 3.05) is 12.8 Å². The molecule has 82 valence electrons. The third-order valence-electron chi connectivity index (χ3n) is 2.24. The molecule has 0 aliphatic carbocycles. The molecule has 1 heterocycles. The summed E-state index contributed by atoms with van der Waals surface area (Å²) in [5.41, 5.74) is 7.79. The topological polar surface area (TPSA) is 61.0 Å². The molecule has 0 bridgehead atoms. The van der Waals surface area contributed by atoms with Gasteiger partial charge in [-0.3, -0.25) is 0 Å².